The maximum absolute atomic E-state index is 13.9. The van der Waals surface area contributed by atoms with E-state index in [2.05, 4.69) is 24.0 Å². The molecule has 0 aliphatic heterocycles. The van der Waals surface area contributed by atoms with Crippen LogP contribution in [0.15, 0.2) is 24.3 Å². The molecule has 10 heteroatoms. The van der Waals surface area contributed by atoms with Crippen molar-refractivity contribution in [2.45, 2.75) is 86.7 Å². The Balaban J connectivity index is 2.32. The molecular formula is C30H45N2O7P. The van der Waals surface area contributed by atoms with Gasteiger partial charge >= 0.3 is 11.9 Å². The first-order valence-corrected chi connectivity index (χ1v) is 15.6. The lowest BCUT2D eigenvalue weighted by Gasteiger charge is -2.27. The van der Waals surface area contributed by atoms with Gasteiger partial charge in [-0.1, -0.05) is 26.0 Å². The third-order valence-electron chi connectivity index (χ3n) is 6.79. The number of carbonyl (C=O) groups excluding carboxylic acids is 2. The molecule has 0 radical (unpaired) electrons. The van der Waals surface area contributed by atoms with Gasteiger partial charge in [0, 0.05) is 0 Å². The van der Waals surface area contributed by atoms with Crippen LogP contribution >= 0.6 is 7.44 Å². The highest BCUT2D eigenvalue weighted by Crippen LogP contribution is 2.40. The van der Waals surface area contributed by atoms with Crippen molar-refractivity contribution in [1.82, 2.24) is 10.2 Å². The minimum absolute atomic E-state index is 0.186. The third-order valence-corrected chi connectivity index (χ3v) is 8.89. The molecule has 2 aromatic rings. The van der Waals surface area contributed by atoms with Crippen LogP contribution in [-0.4, -0.2) is 48.7 Å². The van der Waals surface area contributed by atoms with Crippen molar-refractivity contribution < 1.29 is 33.5 Å². The van der Waals surface area contributed by atoms with Gasteiger partial charge < -0.3 is 19.3 Å². The van der Waals surface area contributed by atoms with Gasteiger partial charge in [-0.3, -0.25) is 14.2 Å². The molecule has 0 saturated heterocycles. The molecule has 2 rings (SSSR count). The second-order valence-electron chi connectivity index (χ2n) is 10.4. The van der Waals surface area contributed by atoms with E-state index in [4.69, 9.17) is 14.2 Å². The number of aryl methyl sites for hydroxylation is 1. The molecule has 222 valence electrons. The maximum atomic E-state index is 13.9. The topological polar surface area (TPSA) is 123 Å². The summed E-state index contributed by atoms with van der Waals surface area (Å²) < 4.78 is 30.1. The van der Waals surface area contributed by atoms with E-state index in [0.717, 1.165) is 33.4 Å². The molecule has 3 N–H and O–H groups in total. The average Bonchev–Trinajstić information content (AvgIpc) is 2.88. The fraction of sp³-hybridized carbons (Fsp3) is 0.533. The van der Waals surface area contributed by atoms with Crippen molar-refractivity contribution in [3.63, 3.8) is 0 Å². The molecule has 0 saturated carbocycles. The predicted octanol–water partition coefficient (Wildman–Crippen LogP) is 5.64. The van der Waals surface area contributed by atoms with E-state index in [0.29, 0.717) is 17.9 Å². The van der Waals surface area contributed by atoms with Gasteiger partial charge in [-0.2, -0.15) is 0 Å². The van der Waals surface area contributed by atoms with Gasteiger partial charge in [-0.15, -0.1) is 0 Å². The molecule has 2 atom stereocenters. The summed E-state index contributed by atoms with van der Waals surface area (Å²) in [7, 11) is -3.64. The number of ether oxygens (including phenoxy) is 3. The second-order valence-corrected chi connectivity index (χ2v) is 12.6. The van der Waals surface area contributed by atoms with Crippen LogP contribution in [0, 0.1) is 20.8 Å². The number of rotatable bonds is 14. The molecule has 0 aliphatic rings. The standard InChI is InChI=1S/C30H45N2O7P/c1-10-37-29(34)22(8)31-40(36,32-23(9)30(35)38-11-2)17-39-28-14-19(5)26(20(6)21(28)7)16-24-12-13-27(33)25(15-24)18(3)4/h12-15,18,22-23,33H,10-11,16-17H2,1-9H3,(H2,31,32,36)/t22-,23-/m0/s1. The lowest BCUT2D eigenvalue weighted by atomic mass is 9.91. The minimum atomic E-state index is -3.64. The fourth-order valence-electron chi connectivity index (χ4n) is 4.44. The van der Waals surface area contributed by atoms with Crippen molar-refractivity contribution in [3.05, 3.63) is 57.6 Å². The molecule has 2 aromatic carbocycles. The van der Waals surface area contributed by atoms with Crippen LogP contribution in [0.1, 0.15) is 80.8 Å². The zero-order chi connectivity index (χ0) is 30.2. The van der Waals surface area contributed by atoms with Crippen molar-refractivity contribution in [1.29, 1.82) is 0 Å². The molecule has 40 heavy (non-hydrogen) atoms. The van der Waals surface area contributed by atoms with Crippen LogP contribution in [0.2, 0.25) is 0 Å². The van der Waals surface area contributed by atoms with E-state index < -0.39 is 31.5 Å². The number of esters is 2. The van der Waals surface area contributed by atoms with E-state index in [1.54, 1.807) is 33.8 Å². The Morgan fingerprint density at radius 1 is 0.900 bits per heavy atom. The first kappa shape index (κ1) is 33.3. The summed E-state index contributed by atoms with van der Waals surface area (Å²) in [4.78, 5) is 24.5. The Morgan fingerprint density at radius 2 is 1.45 bits per heavy atom. The summed E-state index contributed by atoms with van der Waals surface area (Å²) >= 11 is 0. The van der Waals surface area contributed by atoms with E-state index >= 15 is 0 Å². The highest BCUT2D eigenvalue weighted by molar-refractivity contribution is 7.59. The van der Waals surface area contributed by atoms with Crippen molar-refractivity contribution in [2.24, 2.45) is 0 Å². The molecule has 0 aromatic heterocycles. The first-order valence-electron chi connectivity index (χ1n) is 13.7. The van der Waals surface area contributed by atoms with Crippen molar-refractivity contribution in [3.8, 4) is 11.5 Å². The number of phenols is 1. The fourth-order valence-corrected chi connectivity index (χ4v) is 6.45. The van der Waals surface area contributed by atoms with Crippen LogP contribution in [0.4, 0.5) is 0 Å². The van der Waals surface area contributed by atoms with Crippen LogP contribution < -0.4 is 14.9 Å². The van der Waals surface area contributed by atoms with Crippen LogP contribution in [-0.2, 0) is 30.0 Å². The highest BCUT2D eigenvalue weighted by Gasteiger charge is 2.33. The molecule has 0 heterocycles. The van der Waals surface area contributed by atoms with Gasteiger partial charge in [-0.25, -0.2) is 10.2 Å². The Kier molecular flexibility index (Phi) is 12.2. The maximum Gasteiger partial charge on any atom is 0.323 e. The third kappa shape index (κ3) is 8.82. The normalized spacial score (nSPS) is 13.2. The Bertz CT molecular complexity index is 1220. The second kappa shape index (κ2) is 14.7. The Labute approximate surface area is 238 Å². The molecule has 0 unspecified atom stereocenters. The zero-order valence-electron chi connectivity index (χ0n) is 25.2. The number of nitrogens with one attached hydrogen (secondary N) is 2. The van der Waals surface area contributed by atoms with E-state index in [1.165, 1.54) is 0 Å². The molecule has 0 amide bonds. The summed E-state index contributed by atoms with van der Waals surface area (Å²) in [6.45, 7) is 16.9. The molecular weight excluding hydrogens is 531 g/mol. The van der Waals surface area contributed by atoms with E-state index in [9.17, 15) is 19.3 Å². The molecule has 0 fully saturated rings. The van der Waals surface area contributed by atoms with Crippen molar-refractivity contribution in [2.75, 3.05) is 19.6 Å². The first-order chi connectivity index (χ1) is 18.7. The molecule has 0 spiro atoms. The van der Waals surface area contributed by atoms with Gasteiger partial charge in [0.2, 0.25) is 7.44 Å². The number of phenolic OH excluding ortho intramolecular Hbond substituents is 1. The van der Waals surface area contributed by atoms with Gasteiger partial charge in [0.15, 0.2) is 6.35 Å². The summed E-state index contributed by atoms with van der Waals surface area (Å²) in [6.07, 6.45) is 0.379. The van der Waals surface area contributed by atoms with Gasteiger partial charge in [-0.05, 0) is 106 Å². The van der Waals surface area contributed by atoms with Gasteiger partial charge in [0.25, 0.3) is 0 Å². The number of hydrogen-bond donors (Lipinski definition) is 3. The highest BCUT2D eigenvalue weighted by atomic mass is 31.2. The van der Waals surface area contributed by atoms with Crippen LogP contribution in [0.5, 0.6) is 11.5 Å². The van der Waals surface area contributed by atoms with Crippen molar-refractivity contribution >= 4 is 19.4 Å². The van der Waals surface area contributed by atoms with Gasteiger partial charge in [0.1, 0.15) is 23.6 Å². The minimum Gasteiger partial charge on any atom is -0.508 e. The van der Waals surface area contributed by atoms with Crippen LogP contribution in [0.25, 0.3) is 0 Å². The smallest absolute Gasteiger partial charge is 0.323 e. The van der Waals surface area contributed by atoms with Gasteiger partial charge in [0.05, 0.1) is 13.2 Å². The lowest BCUT2D eigenvalue weighted by Crippen LogP contribution is -2.43. The quantitative estimate of drug-likeness (QED) is 0.194. The molecule has 9 nitrogen and oxygen atoms in total. The average molecular weight is 577 g/mol. The largest absolute Gasteiger partial charge is 0.508 e. The number of aromatic hydroxyl groups is 1. The lowest BCUT2D eigenvalue weighted by molar-refractivity contribution is -0.145. The number of hydrogen-bond acceptors (Lipinski definition) is 7. The SMILES string of the molecule is CCOC(=O)[C@H](C)NP(=O)(COc1cc(C)c(Cc2ccc(O)c(C(C)C)c2)c(C)c1C)N[C@@H](C)C(=O)OCC. The summed E-state index contributed by atoms with van der Waals surface area (Å²) in [6, 6.07) is 5.83. The number of carbonyl (C=O) groups is 2. The number of benzene rings is 2. The van der Waals surface area contributed by atoms with E-state index in [1.807, 2.05) is 39.0 Å². The predicted molar refractivity (Wildman–Crippen MR) is 157 cm³/mol. The summed E-state index contributed by atoms with van der Waals surface area (Å²) in [5, 5.41) is 15.8. The van der Waals surface area contributed by atoms with E-state index in [-0.39, 0.29) is 25.5 Å². The monoisotopic (exact) mass is 576 g/mol. The Hall–Kier alpha value is -2.87. The molecule has 0 bridgehead atoms. The summed E-state index contributed by atoms with van der Waals surface area (Å²) in [5.74, 6) is -0.0570. The summed E-state index contributed by atoms with van der Waals surface area (Å²) in [5.41, 5.74) is 6.11. The van der Waals surface area contributed by atoms with Crippen LogP contribution in [0.3, 0.4) is 0 Å². The zero-order valence-corrected chi connectivity index (χ0v) is 26.1. The molecule has 0 aliphatic carbocycles. The Morgan fingerprint density at radius 3 is 1.95 bits per heavy atom.